The van der Waals surface area contributed by atoms with Crippen LogP contribution in [-0.2, 0) is 7.05 Å². The van der Waals surface area contributed by atoms with Crippen LogP contribution in [0.4, 0.5) is 0 Å². The molecular weight excluding hydrogens is 326 g/mol. The number of aliphatic hydroxyl groups excluding tert-OH is 1. The number of aromatic amines is 1. The van der Waals surface area contributed by atoms with Crippen molar-refractivity contribution in [2.75, 3.05) is 6.61 Å². The molecule has 3 aromatic heterocycles. The predicted octanol–water partition coefficient (Wildman–Crippen LogP) is 4.02. The first kappa shape index (κ1) is 15.5. The highest BCUT2D eigenvalue weighted by Crippen LogP contribution is 2.39. The number of aliphatic hydroxyl groups is 1. The molecule has 1 saturated carbocycles. The predicted molar refractivity (Wildman–Crippen MR) is 102 cm³/mol. The van der Waals surface area contributed by atoms with Crippen molar-refractivity contribution >= 4 is 21.9 Å². The van der Waals surface area contributed by atoms with Gasteiger partial charge in [0.2, 0.25) is 0 Å². The Bertz CT molecular complexity index is 1070. The zero-order valence-electron chi connectivity index (χ0n) is 14.7. The molecule has 1 aliphatic carbocycles. The Hall–Kier alpha value is -2.79. The second-order valence-corrected chi connectivity index (χ2v) is 7.25. The van der Waals surface area contributed by atoms with Crippen molar-refractivity contribution in [1.82, 2.24) is 14.5 Å². The Morgan fingerprint density at radius 3 is 2.88 bits per heavy atom. The summed E-state index contributed by atoms with van der Waals surface area (Å²) in [5.41, 5.74) is 3.80. The Morgan fingerprint density at radius 1 is 1.27 bits per heavy atom. The molecule has 0 atom stereocenters. The highest BCUT2D eigenvalue weighted by Gasteiger charge is 2.38. The fourth-order valence-electron chi connectivity index (χ4n) is 3.87. The number of ether oxygens (including phenoxy) is 1. The zero-order chi connectivity index (χ0) is 17.7. The van der Waals surface area contributed by atoms with E-state index in [9.17, 15) is 5.11 Å². The summed E-state index contributed by atoms with van der Waals surface area (Å²) >= 11 is 0. The third-order valence-electron chi connectivity index (χ3n) is 5.53. The summed E-state index contributed by atoms with van der Waals surface area (Å²) < 4.78 is 8.30. The molecule has 5 nitrogen and oxygen atoms in total. The number of hydrogen-bond donors (Lipinski definition) is 2. The van der Waals surface area contributed by atoms with Crippen LogP contribution in [0.1, 0.15) is 19.3 Å². The molecule has 0 bridgehead atoms. The monoisotopic (exact) mass is 347 g/mol. The summed E-state index contributed by atoms with van der Waals surface area (Å²) in [5.74, 6) is 0.813. The molecule has 0 aliphatic heterocycles. The van der Waals surface area contributed by atoms with Crippen LogP contribution in [0, 0.1) is 0 Å². The summed E-state index contributed by atoms with van der Waals surface area (Å²) in [7, 11) is 2.05. The Kier molecular flexibility index (Phi) is 3.34. The highest BCUT2D eigenvalue weighted by molar-refractivity contribution is 5.98. The van der Waals surface area contributed by atoms with Gasteiger partial charge in [0, 0.05) is 47.0 Å². The van der Waals surface area contributed by atoms with E-state index in [0.29, 0.717) is 0 Å². The standard InChI is InChI=1S/C21H21N3O2/c1-24-12-17(18-10-14-4-2-9-22-20(14)23-18)16-11-15(5-6-19(16)24)26-21(13-25)7-3-8-21/h2,4-6,9-12,25H,3,7-8,13H2,1H3,(H,22,23). The van der Waals surface area contributed by atoms with Gasteiger partial charge in [0.15, 0.2) is 0 Å². The smallest absolute Gasteiger partial charge is 0.137 e. The van der Waals surface area contributed by atoms with Crippen LogP contribution >= 0.6 is 0 Å². The fourth-order valence-corrected chi connectivity index (χ4v) is 3.87. The van der Waals surface area contributed by atoms with Crippen molar-refractivity contribution < 1.29 is 9.84 Å². The summed E-state index contributed by atoms with van der Waals surface area (Å²) in [6.45, 7) is 0.0698. The zero-order valence-corrected chi connectivity index (χ0v) is 14.7. The molecule has 4 aromatic rings. The molecule has 5 heteroatoms. The van der Waals surface area contributed by atoms with Gasteiger partial charge in [-0.1, -0.05) is 0 Å². The second-order valence-electron chi connectivity index (χ2n) is 7.25. The van der Waals surface area contributed by atoms with Gasteiger partial charge in [-0.2, -0.15) is 0 Å². The fraction of sp³-hybridized carbons (Fsp3) is 0.286. The normalized spacial score (nSPS) is 16.1. The number of pyridine rings is 1. The minimum absolute atomic E-state index is 0.0698. The molecular formula is C21H21N3O2. The third-order valence-corrected chi connectivity index (χ3v) is 5.53. The summed E-state index contributed by atoms with van der Waals surface area (Å²) in [5, 5.41) is 11.9. The summed E-state index contributed by atoms with van der Waals surface area (Å²) in [6, 6.07) is 12.3. The van der Waals surface area contributed by atoms with Crippen molar-refractivity contribution in [3.05, 3.63) is 48.8 Å². The van der Waals surface area contributed by atoms with E-state index >= 15 is 0 Å². The van der Waals surface area contributed by atoms with E-state index in [1.54, 1.807) is 6.20 Å². The van der Waals surface area contributed by atoms with E-state index < -0.39 is 5.60 Å². The number of nitrogens with zero attached hydrogens (tertiary/aromatic N) is 2. The molecule has 0 saturated heterocycles. The molecule has 0 spiro atoms. The summed E-state index contributed by atoms with van der Waals surface area (Å²) in [6.07, 6.45) is 6.87. The lowest BCUT2D eigenvalue weighted by Crippen LogP contribution is -2.46. The van der Waals surface area contributed by atoms with Crippen LogP contribution < -0.4 is 4.74 Å². The van der Waals surface area contributed by atoms with Crippen LogP contribution in [0.25, 0.3) is 33.2 Å². The topological polar surface area (TPSA) is 63.1 Å². The van der Waals surface area contributed by atoms with Crippen LogP contribution in [-0.4, -0.2) is 31.8 Å². The van der Waals surface area contributed by atoms with E-state index in [0.717, 1.165) is 58.2 Å². The van der Waals surface area contributed by atoms with Crippen LogP contribution in [0.5, 0.6) is 5.75 Å². The molecule has 3 heterocycles. The number of benzene rings is 1. The van der Waals surface area contributed by atoms with Gasteiger partial charge in [-0.3, -0.25) is 0 Å². The molecule has 1 aliphatic rings. The van der Waals surface area contributed by atoms with Crippen LogP contribution in [0.2, 0.25) is 0 Å². The van der Waals surface area contributed by atoms with Crippen molar-refractivity contribution in [2.24, 2.45) is 7.05 Å². The van der Waals surface area contributed by atoms with E-state index in [-0.39, 0.29) is 6.61 Å². The molecule has 0 radical (unpaired) electrons. The van der Waals surface area contributed by atoms with E-state index in [1.165, 1.54) is 0 Å². The second kappa shape index (κ2) is 5.61. The highest BCUT2D eigenvalue weighted by atomic mass is 16.5. The number of H-pyrrole nitrogens is 1. The number of nitrogens with one attached hydrogen (secondary N) is 1. The van der Waals surface area contributed by atoms with Crippen LogP contribution in [0.3, 0.4) is 0 Å². The van der Waals surface area contributed by atoms with Gasteiger partial charge < -0.3 is 19.4 Å². The number of fused-ring (bicyclic) bond motifs is 2. The maximum atomic E-state index is 9.69. The average Bonchev–Trinajstić information content (AvgIpc) is 3.19. The van der Waals surface area contributed by atoms with Crippen LogP contribution in [0.15, 0.2) is 48.8 Å². The van der Waals surface area contributed by atoms with Crippen molar-refractivity contribution in [1.29, 1.82) is 0 Å². The van der Waals surface area contributed by atoms with Crippen molar-refractivity contribution in [3.8, 4) is 17.0 Å². The average molecular weight is 347 g/mol. The lowest BCUT2D eigenvalue weighted by Gasteiger charge is -2.40. The number of aromatic nitrogens is 3. The molecule has 132 valence electrons. The minimum Gasteiger partial charge on any atom is -0.485 e. The van der Waals surface area contributed by atoms with Gasteiger partial charge in [0.05, 0.1) is 6.61 Å². The van der Waals surface area contributed by atoms with E-state index in [1.807, 2.05) is 12.1 Å². The molecule has 5 rings (SSSR count). The number of hydrogen-bond acceptors (Lipinski definition) is 3. The van der Waals surface area contributed by atoms with Gasteiger partial charge in [-0.25, -0.2) is 4.98 Å². The van der Waals surface area contributed by atoms with Gasteiger partial charge in [-0.05, 0) is 55.7 Å². The first-order valence-electron chi connectivity index (χ1n) is 9.01. The van der Waals surface area contributed by atoms with Gasteiger partial charge in [0.1, 0.15) is 17.0 Å². The van der Waals surface area contributed by atoms with E-state index in [2.05, 4.69) is 52.0 Å². The van der Waals surface area contributed by atoms with Gasteiger partial charge in [0.25, 0.3) is 0 Å². The summed E-state index contributed by atoms with van der Waals surface area (Å²) in [4.78, 5) is 7.81. The number of aryl methyl sites for hydroxylation is 1. The molecule has 26 heavy (non-hydrogen) atoms. The Balaban J connectivity index is 1.62. The molecule has 1 aromatic carbocycles. The molecule has 0 amide bonds. The SMILES string of the molecule is Cn1cc(-c2cc3cccnc3[nH]2)c2cc(OC3(CO)CCC3)ccc21. The Morgan fingerprint density at radius 2 is 2.15 bits per heavy atom. The Labute approximate surface area is 151 Å². The largest absolute Gasteiger partial charge is 0.485 e. The molecule has 0 unspecified atom stereocenters. The first-order valence-corrected chi connectivity index (χ1v) is 9.01. The maximum absolute atomic E-state index is 9.69. The van der Waals surface area contributed by atoms with Gasteiger partial charge >= 0.3 is 0 Å². The molecule has 2 N–H and O–H groups in total. The molecule has 1 fully saturated rings. The minimum atomic E-state index is -0.395. The van der Waals surface area contributed by atoms with Crippen molar-refractivity contribution in [2.45, 2.75) is 24.9 Å². The quantitative estimate of drug-likeness (QED) is 0.586. The maximum Gasteiger partial charge on any atom is 0.137 e. The lowest BCUT2D eigenvalue weighted by atomic mass is 9.80. The van der Waals surface area contributed by atoms with Crippen molar-refractivity contribution in [3.63, 3.8) is 0 Å². The van der Waals surface area contributed by atoms with E-state index in [4.69, 9.17) is 4.74 Å². The van der Waals surface area contributed by atoms with Gasteiger partial charge in [-0.15, -0.1) is 0 Å². The number of rotatable bonds is 4. The first-order chi connectivity index (χ1) is 12.7. The third kappa shape index (κ3) is 2.31. The lowest BCUT2D eigenvalue weighted by molar-refractivity contribution is -0.0514.